The Morgan fingerprint density at radius 1 is 0.941 bits per heavy atom. The molecule has 0 aliphatic carbocycles. The topological polar surface area (TPSA) is 21.3 Å². The molecule has 0 spiro atoms. The predicted molar refractivity (Wildman–Crippen MR) is 70.8 cm³/mol. The van der Waals surface area contributed by atoms with E-state index in [-0.39, 0.29) is 0 Å². The van der Waals surface area contributed by atoms with Crippen molar-refractivity contribution < 1.29 is 4.74 Å². The zero-order valence-electron chi connectivity index (χ0n) is 9.80. The van der Waals surface area contributed by atoms with Crippen LogP contribution >= 0.6 is 0 Å². The van der Waals surface area contributed by atoms with Crippen LogP contribution in [0.1, 0.15) is 12.0 Å². The molecule has 0 fully saturated rings. The van der Waals surface area contributed by atoms with Gasteiger partial charge in [-0.05, 0) is 36.6 Å². The standard InChI is InChI=1S/C9H10O.C6H7N/c1-2-6-9-8(4-1)5-3-7-10-9;1-2-4-6-7-5-3-1/h1-2,4,6H,3,5,7H2;1-7H. The molecule has 2 heterocycles. The molecule has 1 N–H and O–H groups in total. The molecule has 3 rings (SSSR count). The zero-order valence-corrected chi connectivity index (χ0v) is 9.80. The van der Waals surface area contributed by atoms with Crippen LogP contribution in [-0.4, -0.2) is 6.61 Å². The van der Waals surface area contributed by atoms with Gasteiger partial charge in [0.25, 0.3) is 0 Å². The largest absolute Gasteiger partial charge is 0.493 e. The summed E-state index contributed by atoms with van der Waals surface area (Å²) in [5, 5.41) is 2.92. The highest BCUT2D eigenvalue weighted by Crippen LogP contribution is 2.23. The highest BCUT2D eigenvalue weighted by Gasteiger charge is 2.06. The number of fused-ring (bicyclic) bond motifs is 1. The Morgan fingerprint density at radius 2 is 1.71 bits per heavy atom. The summed E-state index contributed by atoms with van der Waals surface area (Å²) < 4.78 is 5.42. The first-order chi connectivity index (χ1) is 8.47. The first-order valence-electron chi connectivity index (χ1n) is 5.92. The molecule has 17 heavy (non-hydrogen) atoms. The summed E-state index contributed by atoms with van der Waals surface area (Å²) in [5.41, 5.74) is 1.36. The van der Waals surface area contributed by atoms with Gasteiger partial charge in [-0.3, -0.25) is 0 Å². The summed E-state index contributed by atoms with van der Waals surface area (Å²) in [6, 6.07) is 8.25. The number of hydrogen-bond donors (Lipinski definition) is 1. The Bertz CT molecular complexity index is 393. The molecule has 0 saturated carbocycles. The molecule has 1 aromatic rings. The van der Waals surface area contributed by atoms with Crippen LogP contribution in [0.4, 0.5) is 0 Å². The van der Waals surface area contributed by atoms with Crippen molar-refractivity contribution >= 4 is 0 Å². The van der Waals surface area contributed by atoms with Gasteiger partial charge in [0.05, 0.1) is 6.61 Å². The van der Waals surface area contributed by atoms with E-state index < -0.39 is 0 Å². The molecule has 0 saturated heterocycles. The predicted octanol–water partition coefficient (Wildman–Crippen LogP) is 3.18. The lowest BCUT2D eigenvalue weighted by atomic mass is 10.1. The summed E-state index contributed by atoms with van der Waals surface area (Å²) in [6.45, 7) is 0.886. The fourth-order valence-electron chi connectivity index (χ4n) is 1.70. The van der Waals surface area contributed by atoms with Crippen molar-refractivity contribution in [3.8, 4) is 5.75 Å². The SMILES string of the molecule is C1=CC=CNC=C1.c1ccc2c(c1)CCCO2. The molecule has 0 atom stereocenters. The molecule has 2 aliphatic rings. The van der Waals surface area contributed by atoms with Crippen LogP contribution in [0.3, 0.4) is 0 Å². The van der Waals surface area contributed by atoms with Crippen molar-refractivity contribution in [2.45, 2.75) is 12.8 Å². The first kappa shape index (κ1) is 11.5. The summed E-state index contributed by atoms with van der Waals surface area (Å²) >= 11 is 0. The normalized spacial score (nSPS) is 15.8. The van der Waals surface area contributed by atoms with Gasteiger partial charge in [0, 0.05) is 12.4 Å². The van der Waals surface area contributed by atoms with E-state index in [1.165, 1.54) is 12.0 Å². The minimum Gasteiger partial charge on any atom is -0.493 e. The number of aryl methyl sites for hydroxylation is 1. The van der Waals surface area contributed by atoms with Crippen molar-refractivity contribution in [3.63, 3.8) is 0 Å². The minimum absolute atomic E-state index is 0.886. The Kier molecular flexibility index (Phi) is 4.46. The third-order valence-electron chi connectivity index (χ3n) is 2.54. The Hall–Kier alpha value is -1.96. The number of rotatable bonds is 0. The highest BCUT2D eigenvalue weighted by atomic mass is 16.5. The molecule has 0 radical (unpaired) electrons. The van der Waals surface area contributed by atoms with Crippen molar-refractivity contribution in [2.75, 3.05) is 6.61 Å². The van der Waals surface area contributed by atoms with Crippen LogP contribution in [0.2, 0.25) is 0 Å². The van der Waals surface area contributed by atoms with Crippen molar-refractivity contribution in [1.29, 1.82) is 0 Å². The first-order valence-corrected chi connectivity index (χ1v) is 5.92. The number of allylic oxidation sites excluding steroid dienone is 4. The maximum absolute atomic E-state index is 5.42. The third-order valence-corrected chi connectivity index (χ3v) is 2.54. The number of hydrogen-bond acceptors (Lipinski definition) is 2. The third kappa shape index (κ3) is 3.83. The van der Waals surface area contributed by atoms with E-state index in [0.717, 1.165) is 18.8 Å². The van der Waals surface area contributed by atoms with E-state index in [0.29, 0.717) is 0 Å². The van der Waals surface area contributed by atoms with Gasteiger partial charge >= 0.3 is 0 Å². The molecule has 88 valence electrons. The molecule has 0 bridgehead atoms. The van der Waals surface area contributed by atoms with Gasteiger partial charge in [-0.1, -0.05) is 30.4 Å². The second-order valence-electron chi connectivity index (χ2n) is 3.83. The highest BCUT2D eigenvalue weighted by molar-refractivity contribution is 5.34. The van der Waals surface area contributed by atoms with Crippen LogP contribution in [0.25, 0.3) is 0 Å². The fraction of sp³-hybridized carbons (Fsp3) is 0.200. The molecule has 0 amide bonds. The van der Waals surface area contributed by atoms with Crippen LogP contribution in [0.15, 0.2) is 61.0 Å². The molecule has 2 heteroatoms. The Balaban J connectivity index is 0.000000136. The molecular weight excluding hydrogens is 210 g/mol. The van der Waals surface area contributed by atoms with E-state index >= 15 is 0 Å². The number of ether oxygens (including phenoxy) is 1. The summed E-state index contributed by atoms with van der Waals surface area (Å²) in [4.78, 5) is 0. The maximum atomic E-state index is 5.42. The van der Waals surface area contributed by atoms with Gasteiger partial charge in [0.15, 0.2) is 0 Å². The quantitative estimate of drug-likeness (QED) is 0.735. The maximum Gasteiger partial charge on any atom is 0.122 e. The van der Waals surface area contributed by atoms with E-state index in [4.69, 9.17) is 4.74 Å². The van der Waals surface area contributed by atoms with Gasteiger partial charge in [0.2, 0.25) is 0 Å². The van der Waals surface area contributed by atoms with Gasteiger partial charge in [0.1, 0.15) is 5.75 Å². The minimum atomic E-state index is 0.886. The van der Waals surface area contributed by atoms with Crippen molar-refractivity contribution in [3.05, 3.63) is 66.5 Å². The van der Waals surface area contributed by atoms with Crippen LogP contribution in [0.5, 0.6) is 5.75 Å². The fourth-order valence-corrected chi connectivity index (χ4v) is 1.70. The van der Waals surface area contributed by atoms with Crippen LogP contribution in [0, 0.1) is 0 Å². The van der Waals surface area contributed by atoms with Gasteiger partial charge in [-0.25, -0.2) is 0 Å². The lowest BCUT2D eigenvalue weighted by molar-refractivity contribution is 0.288. The average molecular weight is 227 g/mol. The summed E-state index contributed by atoms with van der Waals surface area (Å²) in [5.74, 6) is 1.08. The second-order valence-corrected chi connectivity index (χ2v) is 3.83. The van der Waals surface area contributed by atoms with Crippen molar-refractivity contribution in [1.82, 2.24) is 5.32 Å². The van der Waals surface area contributed by atoms with Crippen LogP contribution in [-0.2, 0) is 6.42 Å². The zero-order chi connectivity index (χ0) is 11.8. The van der Waals surface area contributed by atoms with Crippen molar-refractivity contribution in [2.24, 2.45) is 0 Å². The number of para-hydroxylation sites is 1. The molecule has 2 aliphatic heterocycles. The molecule has 1 aromatic carbocycles. The summed E-state index contributed by atoms with van der Waals surface area (Å²) in [7, 11) is 0. The van der Waals surface area contributed by atoms with Crippen LogP contribution < -0.4 is 10.1 Å². The lowest BCUT2D eigenvalue weighted by Gasteiger charge is -2.15. The molecule has 2 nitrogen and oxygen atoms in total. The Morgan fingerprint density at radius 3 is 2.47 bits per heavy atom. The van der Waals surface area contributed by atoms with E-state index in [1.54, 1.807) is 0 Å². The smallest absolute Gasteiger partial charge is 0.122 e. The van der Waals surface area contributed by atoms with Gasteiger partial charge < -0.3 is 10.1 Å². The van der Waals surface area contributed by atoms with E-state index in [2.05, 4.69) is 17.4 Å². The van der Waals surface area contributed by atoms with E-state index in [9.17, 15) is 0 Å². The molecule has 0 aromatic heterocycles. The van der Waals surface area contributed by atoms with Gasteiger partial charge in [-0.15, -0.1) is 0 Å². The Labute approximate surface area is 102 Å². The second kappa shape index (κ2) is 6.59. The lowest BCUT2D eigenvalue weighted by Crippen LogP contribution is -2.07. The monoisotopic (exact) mass is 227 g/mol. The number of nitrogens with one attached hydrogen (secondary N) is 1. The van der Waals surface area contributed by atoms with Gasteiger partial charge in [-0.2, -0.15) is 0 Å². The summed E-state index contributed by atoms with van der Waals surface area (Å²) in [6.07, 6.45) is 13.9. The molecule has 0 unspecified atom stereocenters. The average Bonchev–Trinajstić information content (AvgIpc) is 2.72. The van der Waals surface area contributed by atoms with E-state index in [1.807, 2.05) is 48.8 Å². The number of benzene rings is 1. The molecular formula is C15H17NO.